The Labute approximate surface area is 152 Å². The average Bonchev–Trinajstić information content (AvgIpc) is 2.54. The summed E-state index contributed by atoms with van der Waals surface area (Å²) < 4.78 is 1.06. The molecule has 0 aliphatic carbocycles. The second-order valence-corrected chi connectivity index (χ2v) is 7.05. The van der Waals surface area contributed by atoms with Gasteiger partial charge >= 0.3 is 0 Å². The lowest BCUT2D eigenvalue weighted by molar-refractivity contribution is 0.205. The van der Waals surface area contributed by atoms with Crippen LogP contribution in [-0.4, -0.2) is 48.3 Å². The third-order valence-electron chi connectivity index (χ3n) is 4.57. The van der Waals surface area contributed by atoms with Crippen LogP contribution in [0.15, 0.2) is 38.3 Å². The topological polar surface area (TPSA) is 43.2 Å². The minimum atomic E-state index is 0.520. The van der Waals surface area contributed by atoms with Crippen molar-refractivity contribution in [2.75, 3.05) is 20.1 Å². The molecule has 0 radical (unpaired) electrons. The summed E-state index contributed by atoms with van der Waals surface area (Å²) in [6, 6.07) is 6.77. The number of likely N-dealkylation sites (N-methyl/N-ethyl adjacent to an activating group) is 1. The van der Waals surface area contributed by atoms with Gasteiger partial charge in [0.1, 0.15) is 0 Å². The Morgan fingerprint density at radius 3 is 2.83 bits per heavy atom. The Morgan fingerprint density at radius 1 is 1.46 bits per heavy atom. The monoisotopic (exact) mass is 389 g/mol. The first-order valence-electron chi connectivity index (χ1n) is 8.38. The molecule has 0 amide bonds. The highest BCUT2D eigenvalue weighted by Crippen LogP contribution is 2.39. The first kappa shape index (κ1) is 17.2. The second kappa shape index (κ2) is 7.07. The van der Waals surface area contributed by atoms with E-state index in [4.69, 9.17) is 4.99 Å². The predicted molar refractivity (Wildman–Crippen MR) is 105 cm³/mol. The van der Waals surface area contributed by atoms with Crippen LogP contribution in [0.2, 0.25) is 0 Å². The lowest BCUT2D eigenvalue weighted by Gasteiger charge is -2.45. The van der Waals surface area contributed by atoms with Gasteiger partial charge in [0.25, 0.3) is 0 Å². The third-order valence-corrected chi connectivity index (χ3v) is 5.07. The number of likely N-dealkylation sites (tertiary alicyclic amines) is 1. The summed E-state index contributed by atoms with van der Waals surface area (Å²) in [6.45, 7) is 8.21. The fraction of sp³-hybridized carbons (Fsp3) is 0.444. The Bertz CT molecular complexity index is 716. The number of hydrogen-bond donors (Lipinski definition) is 1. The van der Waals surface area contributed by atoms with Crippen molar-refractivity contribution in [2.45, 2.75) is 33.2 Å². The maximum Gasteiger partial charge on any atom is 0.227 e. The minimum absolute atomic E-state index is 0.520. The zero-order valence-corrected chi connectivity index (χ0v) is 16.3. The smallest absolute Gasteiger partial charge is 0.227 e. The molecule has 0 aromatic heterocycles. The zero-order chi connectivity index (χ0) is 17.3. The Kier molecular flexibility index (Phi) is 5.06. The van der Waals surface area contributed by atoms with E-state index < -0.39 is 0 Å². The molecule has 2 aliphatic rings. The molecule has 128 valence electrons. The molecule has 1 aromatic rings. The summed E-state index contributed by atoms with van der Waals surface area (Å²) in [7, 11) is 2.01. The van der Waals surface area contributed by atoms with Gasteiger partial charge in [-0.25, -0.2) is 10.0 Å². The van der Waals surface area contributed by atoms with Crippen molar-refractivity contribution in [3.8, 4) is 0 Å². The number of hydrazone groups is 1. The molecule has 1 saturated heterocycles. The number of fused-ring (bicyclic) bond motifs is 1. The average molecular weight is 390 g/mol. The molecule has 1 N–H and O–H groups in total. The quantitative estimate of drug-likeness (QED) is 0.799. The largest absolute Gasteiger partial charge is 0.337 e. The molecule has 24 heavy (non-hydrogen) atoms. The van der Waals surface area contributed by atoms with Gasteiger partial charge < -0.3 is 10.2 Å². The number of hydrogen-bond acceptors (Lipinski definition) is 5. The van der Waals surface area contributed by atoms with E-state index in [1.807, 2.05) is 31.3 Å². The van der Waals surface area contributed by atoms with Crippen LogP contribution < -0.4 is 5.32 Å². The van der Waals surface area contributed by atoms with E-state index in [-0.39, 0.29) is 0 Å². The van der Waals surface area contributed by atoms with Crippen molar-refractivity contribution in [3.63, 3.8) is 0 Å². The fourth-order valence-electron chi connectivity index (χ4n) is 3.00. The molecule has 6 heteroatoms. The highest BCUT2D eigenvalue weighted by Gasteiger charge is 2.35. The van der Waals surface area contributed by atoms with Crippen LogP contribution in [0.3, 0.4) is 0 Å². The lowest BCUT2D eigenvalue weighted by Crippen LogP contribution is -2.61. The zero-order valence-electron chi connectivity index (χ0n) is 14.7. The van der Waals surface area contributed by atoms with Crippen LogP contribution in [-0.2, 0) is 0 Å². The van der Waals surface area contributed by atoms with Crippen molar-refractivity contribution >= 4 is 39.5 Å². The second-order valence-electron chi connectivity index (χ2n) is 6.13. The third kappa shape index (κ3) is 3.00. The van der Waals surface area contributed by atoms with Gasteiger partial charge in [-0.3, -0.25) is 0 Å². The molecule has 0 spiro atoms. The number of halogens is 1. The Hall–Kier alpha value is -1.66. The van der Waals surface area contributed by atoms with Crippen molar-refractivity contribution in [2.24, 2.45) is 10.1 Å². The molecule has 0 atom stereocenters. The van der Waals surface area contributed by atoms with Crippen LogP contribution in [0.4, 0.5) is 5.69 Å². The first-order valence-corrected chi connectivity index (χ1v) is 9.17. The van der Waals surface area contributed by atoms with E-state index in [0.717, 1.165) is 46.9 Å². The van der Waals surface area contributed by atoms with Crippen LogP contribution in [0.25, 0.3) is 5.70 Å². The standard InChI is InChI=1S/C18H24BrN5/c1-5-12(3)17-15-9-13(19)7-8-16(15)22-18(24(17)21-6-2)23-10-14(11-23)20-4/h6-9,14,20H,5,10-11H2,1-4H3. The van der Waals surface area contributed by atoms with Crippen molar-refractivity contribution in [1.29, 1.82) is 0 Å². The van der Waals surface area contributed by atoms with Gasteiger partial charge in [0.15, 0.2) is 0 Å². The summed E-state index contributed by atoms with van der Waals surface area (Å²) in [4.78, 5) is 7.20. The van der Waals surface area contributed by atoms with Crippen molar-refractivity contribution < 1.29 is 0 Å². The predicted octanol–water partition coefficient (Wildman–Crippen LogP) is 3.80. The SMILES string of the molecule is CC=NN1C(N2CC(NC)C2)=Nc2ccc(Br)cc2C1=C(C)CC. The van der Waals surface area contributed by atoms with Gasteiger partial charge in [0, 0.05) is 35.4 Å². The molecule has 0 bridgehead atoms. The summed E-state index contributed by atoms with van der Waals surface area (Å²) >= 11 is 3.59. The summed E-state index contributed by atoms with van der Waals surface area (Å²) in [5.41, 5.74) is 4.58. The number of benzene rings is 1. The molecule has 5 nitrogen and oxygen atoms in total. The minimum Gasteiger partial charge on any atom is -0.337 e. The van der Waals surface area contributed by atoms with Gasteiger partial charge in [-0.05, 0) is 51.1 Å². The highest BCUT2D eigenvalue weighted by atomic mass is 79.9. The van der Waals surface area contributed by atoms with E-state index in [2.05, 4.69) is 57.2 Å². The lowest BCUT2D eigenvalue weighted by atomic mass is 10.0. The van der Waals surface area contributed by atoms with E-state index in [9.17, 15) is 0 Å². The maximum absolute atomic E-state index is 4.92. The molecule has 1 aromatic carbocycles. The first-order chi connectivity index (χ1) is 11.6. The number of guanidine groups is 1. The molecule has 2 aliphatic heterocycles. The summed E-state index contributed by atoms with van der Waals surface area (Å²) in [5.74, 6) is 0.914. The van der Waals surface area contributed by atoms with Gasteiger partial charge in [-0.15, -0.1) is 0 Å². The normalized spacial score (nSPS) is 20.1. The van der Waals surface area contributed by atoms with E-state index in [1.54, 1.807) is 0 Å². The molecule has 0 unspecified atom stereocenters. The van der Waals surface area contributed by atoms with E-state index in [1.165, 1.54) is 5.57 Å². The van der Waals surface area contributed by atoms with Crippen LogP contribution in [0, 0.1) is 0 Å². The summed E-state index contributed by atoms with van der Waals surface area (Å²) in [6.07, 6.45) is 2.81. The number of nitrogens with zero attached hydrogens (tertiary/aromatic N) is 4. The molecule has 3 rings (SSSR count). The van der Waals surface area contributed by atoms with Crippen molar-refractivity contribution in [3.05, 3.63) is 33.8 Å². The molecule has 0 saturated carbocycles. The molecule has 2 heterocycles. The van der Waals surface area contributed by atoms with E-state index >= 15 is 0 Å². The summed E-state index contributed by atoms with van der Waals surface area (Å²) in [5, 5.41) is 9.96. The van der Waals surface area contributed by atoms with Gasteiger partial charge in [0.05, 0.1) is 11.4 Å². The Balaban J connectivity index is 2.12. The van der Waals surface area contributed by atoms with Gasteiger partial charge in [-0.2, -0.15) is 5.10 Å². The van der Waals surface area contributed by atoms with Crippen LogP contribution in [0.1, 0.15) is 32.8 Å². The van der Waals surface area contributed by atoms with Crippen LogP contribution >= 0.6 is 15.9 Å². The number of nitrogens with one attached hydrogen (secondary N) is 1. The van der Waals surface area contributed by atoms with Crippen molar-refractivity contribution in [1.82, 2.24) is 15.2 Å². The Morgan fingerprint density at radius 2 is 2.21 bits per heavy atom. The number of aliphatic imine (C=N–C) groups is 1. The van der Waals surface area contributed by atoms with Gasteiger partial charge in [0.2, 0.25) is 5.96 Å². The highest BCUT2D eigenvalue weighted by molar-refractivity contribution is 9.10. The molecule has 1 fully saturated rings. The number of rotatable bonds is 3. The van der Waals surface area contributed by atoms with Gasteiger partial charge in [-0.1, -0.05) is 22.9 Å². The van der Waals surface area contributed by atoms with E-state index in [0.29, 0.717) is 6.04 Å². The van der Waals surface area contributed by atoms with Crippen LogP contribution in [0.5, 0.6) is 0 Å². The maximum atomic E-state index is 4.92. The molecular weight excluding hydrogens is 366 g/mol. The fourth-order valence-corrected chi connectivity index (χ4v) is 3.36. The number of allylic oxidation sites excluding steroid dienone is 1. The molecular formula is C18H24BrN5.